The molecule has 0 radical (unpaired) electrons. The number of carbonyl (C=O) groups is 4. The van der Waals surface area contributed by atoms with E-state index in [4.69, 9.17) is 14.6 Å². The van der Waals surface area contributed by atoms with Crippen molar-refractivity contribution in [3.8, 4) is 28.5 Å². The van der Waals surface area contributed by atoms with Gasteiger partial charge >= 0.3 is 18.1 Å². The van der Waals surface area contributed by atoms with Crippen LogP contribution in [-0.4, -0.2) is 85.3 Å². The number of carboxylic acid groups (broad SMARTS) is 1. The minimum absolute atomic E-state index is 0.00512. The number of aromatic nitrogens is 4. The van der Waals surface area contributed by atoms with Crippen LogP contribution in [0.5, 0.6) is 5.75 Å². The predicted octanol–water partition coefficient (Wildman–Crippen LogP) is 4.54. The maximum Gasteiger partial charge on any atom is 0.417 e. The Morgan fingerprint density at radius 1 is 1.00 bits per heavy atom. The molecule has 1 aliphatic rings. The normalized spacial score (nSPS) is 14.0. The number of rotatable bonds is 15. The van der Waals surface area contributed by atoms with E-state index in [1.54, 1.807) is 6.92 Å². The fourth-order valence-electron chi connectivity index (χ4n) is 5.36. The summed E-state index contributed by atoms with van der Waals surface area (Å²) in [5.41, 5.74) is -0.967. The van der Waals surface area contributed by atoms with E-state index in [0.717, 1.165) is 24.5 Å². The number of nitrogens with zero attached hydrogens (tertiary/aromatic N) is 5. The lowest BCUT2D eigenvalue weighted by molar-refractivity contribution is -0.151. The molecule has 3 heterocycles. The van der Waals surface area contributed by atoms with Crippen molar-refractivity contribution in [1.82, 2.24) is 35.6 Å². The van der Waals surface area contributed by atoms with Crippen LogP contribution in [-0.2, 0) is 36.6 Å². The van der Waals surface area contributed by atoms with Gasteiger partial charge in [-0.3, -0.25) is 19.4 Å². The molecule has 3 unspecified atom stereocenters. The van der Waals surface area contributed by atoms with Gasteiger partial charge < -0.3 is 30.2 Å². The maximum absolute atomic E-state index is 14.6. The van der Waals surface area contributed by atoms with Crippen LogP contribution in [0, 0.1) is 11.6 Å². The highest BCUT2D eigenvalue weighted by Gasteiger charge is 2.36. The number of hydrogen-bond acceptors (Lipinski definition) is 11. The number of aromatic amines is 1. The Kier molecular flexibility index (Phi) is 12.6. The zero-order chi connectivity index (χ0) is 40.7. The molecule has 2 aromatic carbocycles. The van der Waals surface area contributed by atoms with Gasteiger partial charge in [-0.25, -0.2) is 28.5 Å². The summed E-state index contributed by atoms with van der Waals surface area (Å²) in [5, 5.41) is 19.1. The van der Waals surface area contributed by atoms with Crippen molar-refractivity contribution >= 4 is 30.0 Å². The summed E-state index contributed by atoms with van der Waals surface area (Å²) in [6.07, 6.45) is -1.14. The zero-order valence-corrected chi connectivity index (χ0v) is 30.0. The SMILES string of the molecule is CCCOc1ccc(-c2ncc(C(C(=O)OCCC(=O)NC(C)C(=O)NC(C)C(=O)O)N3Cc4nc(-c5cccc(F)c5F)[nH]c4C=N3)cn2)c(C(F)(F)F)c1. The molecule has 296 valence electrons. The number of alkyl halides is 3. The van der Waals surface area contributed by atoms with Crippen LogP contribution in [0.4, 0.5) is 22.0 Å². The molecule has 0 saturated carbocycles. The molecule has 56 heavy (non-hydrogen) atoms. The number of hydrazone groups is 1. The summed E-state index contributed by atoms with van der Waals surface area (Å²) in [4.78, 5) is 65.0. The van der Waals surface area contributed by atoms with Crippen LogP contribution in [0.1, 0.15) is 62.2 Å². The molecule has 2 amide bonds. The lowest BCUT2D eigenvalue weighted by atomic mass is 10.0. The summed E-state index contributed by atoms with van der Waals surface area (Å²) in [6.45, 7) is 3.86. The van der Waals surface area contributed by atoms with E-state index in [0.29, 0.717) is 12.1 Å². The number of aliphatic carboxylic acids is 1. The van der Waals surface area contributed by atoms with Crippen molar-refractivity contribution in [3.05, 3.63) is 82.9 Å². The number of imidazole rings is 1. The van der Waals surface area contributed by atoms with E-state index in [9.17, 15) is 41.1 Å². The Morgan fingerprint density at radius 2 is 1.73 bits per heavy atom. The highest BCUT2D eigenvalue weighted by Crippen LogP contribution is 2.38. The van der Waals surface area contributed by atoms with Crippen LogP contribution in [0.25, 0.3) is 22.8 Å². The third-order valence-electron chi connectivity index (χ3n) is 8.26. The molecule has 0 spiro atoms. The van der Waals surface area contributed by atoms with Gasteiger partial charge in [-0.05, 0) is 50.6 Å². The molecule has 0 saturated heterocycles. The Bertz CT molecular complexity index is 2130. The lowest BCUT2D eigenvalue weighted by Crippen LogP contribution is -2.49. The molecule has 20 heteroatoms. The number of H-pyrrole nitrogens is 1. The van der Waals surface area contributed by atoms with Gasteiger partial charge in [0.05, 0.1) is 48.3 Å². The molecule has 1 aliphatic heterocycles. The monoisotopic (exact) mass is 786 g/mol. The van der Waals surface area contributed by atoms with E-state index in [2.05, 4.69) is 35.7 Å². The van der Waals surface area contributed by atoms with E-state index in [-0.39, 0.29) is 52.9 Å². The number of amides is 2. The molecular formula is C36H35F5N8O7. The third-order valence-corrected chi connectivity index (χ3v) is 8.26. The van der Waals surface area contributed by atoms with Gasteiger partial charge in [-0.1, -0.05) is 13.0 Å². The number of carbonyl (C=O) groups excluding carboxylic acids is 3. The summed E-state index contributed by atoms with van der Waals surface area (Å²) in [6, 6.07) is 3.12. The number of nitrogens with one attached hydrogen (secondary N) is 3. The molecule has 0 bridgehead atoms. The molecule has 4 N–H and O–H groups in total. The summed E-state index contributed by atoms with van der Waals surface area (Å²) in [7, 11) is 0. The average molecular weight is 787 g/mol. The van der Waals surface area contributed by atoms with Crippen LogP contribution in [0.15, 0.2) is 53.9 Å². The number of halogens is 5. The topological polar surface area (TPSA) is 201 Å². The van der Waals surface area contributed by atoms with Crippen LogP contribution < -0.4 is 15.4 Å². The highest BCUT2D eigenvalue weighted by atomic mass is 19.4. The van der Waals surface area contributed by atoms with Gasteiger partial charge in [0.1, 0.15) is 30.3 Å². The Balaban J connectivity index is 1.38. The molecule has 5 rings (SSSR count). The maximum atomic E-state index is 14.6. The fraction of sp³-hybridized carbons (Fsp3) is 0.333. The minimum Gasteiger partial charge on any atom is -0.494 e. The van der Waals surface area contributed by atoms with Crippen molar-refractivity contribution in [3.63, 3.8) is 0 Å². The number of benzene rings is 2. The largest absolute Gasteiger partial charge is 0.494 e. The van der Waals surface area contributed by atoms with Crippen LogP contribution >= 0.6 is 0 Å². The van der Waals surface area contributed by atoms with Crippen molar-refractivity contribution in [2.75, 3.05) is 13.2 Å². The summed E-state index contributed by atoms with van der Waals surface area (Å²) in [5.74, 6) is -6.32. The molecule has 0 fully saturated rings. The number of fused-ring (bicyclic) bond motifs is 1. The fourth-order valence-corrected chi connectivity index (χ4v) is 5.36. The Hall–Kier alpha value is -6.47. The van der Waals surface area contributed by atoms with Crippen molar-refractivity contribution in [2.45, 2.75) is 64.5 Å². The van der Waals surface area contributed by atoms with E-state index in [1.165, 1.54) is 49.3 Å². The first kappa shape index (κ1) is 40.7. The third kappa shape index (κ3) is 9.60. The zero-order valence-electron chi connectivity index (χ0n) is 30.0. The Labute approximate surface area is 315 Å². The van der Waals surface area contributed by atoms with E-state index in [1.807, 2.05) is 0 Å². The highest BCUT2D eigenvalue weighted by molar-refractivity contribution is 5.90. The molecular weight excluding hydrogens is 751 g/mol. The standard InChI is InChI=1S/C36H35F5N8O7/c1-4-11-55-21-8-9-22(24(13-21)36(39,40)41)31-42-14-20(15-43-31)30(35(54)56-12-10-28(50)45-18(2)33(51)46-19(3)34(52)53)49-17-27-26(16-44-49)47-32(48-27)23-6-5-7-25(37)29(23)38/h5-9,13-16,18-19,30H,4,10-12,17H2,1-3H3,(H,45,50)(H,46,51)(H,47,48)(H,52,53). The first-order valence-corrected chi connectivity index (χ1v) is 17.1. The summed E-state index contributed by atoms with van der Waals surface area (Å²) < 4.78 is 81.7. The van der Waals surface area contributed by atoms with Crippen LogP contribution in [0.3, 0.4) is 0 Å². The number of carboxylic acids is 1. The number of hydrogen-bond donors (Lipinski definition) is 4. The van der Waals surface area contributed by atoms with Gasteiger partial charge in [-0.2, -0.15) is 18.3 Å². The second kappa shape index (κ2) is 17.3. The molecule has 2 aromatic heterocycles. The van der Waals surface area contributed by atoms with Crippen molar-refractivity contribution in [1.29, 1.82) is 0 Å². The lowest BCUT2D eigenvalue weighted by Gasteiger charge is -2.29. The second-order valence-corrected chi connectivity index (χ2v) is 12.5. The minimum atomic E-state index is -4.79. The van der Waals surface area contributed by atoms with E-state index < -0.39 is 78.3 Å². The van der Waals surface area contributed by atoms with Crippen molar-refractivity contribution < 1.29 is 55.7 Å². The first-order valence-electron chi connectivity index (χ1n) is 17.1. The molecule has 0 aliphatic carbocycles. The summed E-state index contributed by atoms with van der Waals surface area (Å²) >= 11 is 0. The smallest absolute Gasteiger partial charge is 0.417 e. The molecule has 15 nitrogen and oxygen atoms in total. The van der Waals surface area contributed by atoms with Crippen molar-refractivity contribution in [2.24, 2.45) is 5.10 Å². The molecule has 4 aromatic rings. The first-order chi connectivity index (χ1) is 26.6. The molecule has 3 atom stereocenters. The van der Waals surface area contributed by atoms with Gasteiger partial charge in [-0.15, -0.1) is 0 Å². The second-order valence-electron chi connectivity index (χ2n) is 12.5. The number of ether oxygens (including phenoxy) is 2. The Morgan fingerprint density at radius 3 is 2.41 bits per heavy atom. The quantitative estimate of drug-likeness (QED) is 0.0974. The van der Waals surface area contributed by atoms with Gasteiger partial charge in [0, 0.05) is 23.5 Å². The average Bonchev–Trinajstić information content (AvgIpc) is 3.58. The number of esters is 1. The van der Waals surface area contributed by atoms with E-state index >= 15 is 0 Å². The van der Waals surface area contributed by atoms with Gasteiger partial charge in [0.2, 0.25) is 11.8 Å². The van der Waals surface area contributed by atoms with Gasteiger partial charge in [0.15, 0.2) is 23.5 Å². The predicted molar refractivity (Wildman–Crippen MR) is 186 cm³/mol. The van der Waals surface area contributed by atoms with Crippen LogP contribution in [0.2, 0.25) is 0 Å². The van der Waals surface area contributed by atoms with Gasteiger partial charge in [0.25, 0.3) is 0 Å².